The first-order valence-electron chi connectivity index (χ1n) is 7.21. The Kier molecular flexibility index (Phi) is 4.25. The third kappa shape index (κ3) is 3.16. The predicted octanol–water partition coefficient (Wildman–Crippen LogP) is 3.00. The largest absolute Gasteiger partial charge is 0.382 e. The van der Waals surface area contributed by atoms with Crippen molar-refractivity contribution in [3.8, 4) is 0 Å². The summed E-state index contributed by atoms with van der Waals surface area (Å²) in [7, 11) is 0. The van der Waals surface area contributed by atoms with Gasteiger partial charge in [0, 0.05) is 23.3 Å². The highest BCUT2D eigenvalue weighted by Gasteiger charge is 2.21. The van der Waals surface area contributed by atoms with Gasteiger partial charge in [-0.05, 0) is 57.4 Å². The van der Waals surface area contributed by atoms with Crippen molar-refractivity contribution in [1.29, 1.82) is 0 Å². The van der Waals surface area contributed by atoms with Crippen LogP contribution in [-0.2, 0) is 6.42 Å². The smallest absolute Gasteiger partial charge is 0.179 e. The van der Waals surface area contributed by atoms with Gasteiger partial charge in [-0.1, -0.05) is 6.92 Å². The second kappa shape index (κ2) is 5.74. The minimum absolute atomic E-state index is 0.125. The van der Waals surface area contributed by atoms with Crippen molar-refractivity contribution in [2.45, 2.75) is 58.7 Å². The average molecular weight is 260 g/mol. The van der Waals surface area contributed by atoms with Crippen LogP contribution in [0.1, 0.15) is 50.0 Å². The molecule has 2 N–H and O–H groups in total. The van der Waals surface area contributed by atoms with Crippen molar-refractivity contribution in [1.82, 2.24) is 5.32 Å². The van der Waals surface area contributed by atoms with Gasteiger partial charge >= 0.3 is 0 Å². The van der Waals surface area contributed by atoms with Crippen molar-refractivity contribution in [3.63, 3.8) is 0 Å². The van der Waals surface area contributed by atoms with Crippen LogP contribution in [0.15, 0.2) is 18.2 Å². The van der Waals surface area contributed by atoms with Crippen LogP contribution >= 0.6 is 0 Å². The summed E-state index contributed by atoms with van der Waals surface area (Å²) < 4.78 is 0. The number of hydrogen-bond acceptors (Lipinski definition) is 3. The lowest BCUT2D eigenvalue weighted by atomic mass is 10.0. The first-order chi connectivity index (χ1) is 9.01. The molecule has 3 heteroatoms. The molecule has 19 heavy (non-hydrogen) atoms. The van der Waals surface area contributed by atoms with Crippen LogP contribution in [0.25, 0.3) is 0 Å². The zero-order valence-electron chi connectivity index (χ0n) is 12.3. The summed E-state index contributed by atoms with van der Waals surface area (Å²) in [6.07, 6.45) is 2.03. The van der Waals surface area contributed by atoms with Gasteiger partial charge in [0.05, 0.1) is 6.04 Å². The van der Waals surface area contributed by atoms with Crippen molar-refractivity contribution in [2.75, 3.05) is 5.32 Å². The van der Waals surface area contributed by atoms with Crippen molar-refractivity contribution in [2.24, 2.45) is 0 Å². The molecule has 3 nitrogen and oxygen atoms in total. The molecule has 0 bridgehead atoms. The number of fused-ring (bicyclic) bond motifs is 1. The fourth-order valence-electron chi connectivity index (χ4n) is 2.57. The molecule has 104 valence electrons. The molecule has 0 spiro atoms. The number of rotatable bonds is 5. The molecule has 1 aromatic rings. The molecule has 0 amide bonds. The van der Waals surface area contributed by atoms with E-state index in [1.165, 1.54) is 11.3 Å². The van der Waals surface area contributed by atoms with E-state index in [2.05, 4.69) is 31.4 Å². The standard InChI is InChI=1S/C16H24N2O/c1-5-10(2)17-12(4)16(19)13-6-7-15-14(9-13)8-11(3)18-15/h6-7,9-12,17-18H,5,8H2,1-4H3. The Bertz CT molecular complexity index is 470. The summed E-state index contributed by atoms with van der Waals surface area (Å²) in [5, 5.41) is 6.75. The predicted molar refractivity (Wildman–Crippen MR) is 79.9 cm³/mol. The van der Waals surface area contributed by atoms with E-state index in [9.17, 15) is 4.79 Å². The third-order valence-corrected chi connectivity index (χ3v) is 3.86. The van der Waals surface area contributed by atoms with Crippen LogP contribution in [0.2, 0.25) is 0 Å². The van der Waals surface area contributed by atoms with E-state index in [0.717, 1.165) is 18.4 Å². The van der Waals surface area contributed by atoms with Gasteiger partial charge in [-0.3, -0.25) is 4.79 Å². The Labute approximate surface area is 115 Å². The van der Waals surface area contributed by atoms with E-state index in [1.807, 2.05) is 25.1 Å². The highest BCUT2D eigenvalue weighted by molar-refractivity contribution is 6.00. The lowest BCUT2D eigenvalue weighted by molar-refractivity contribution is 0.0945. The topological polar surface area (TPSA) is 41.1 Å². The second-order valence-electron chi connectivity index (χ2n) is 5.68. The van der Waals surface area contributed by atoms with Gasteiger partial charge in [-0.15, -0.1) is 0 Å². The number of hydrogen-bond donors (Lipinski definition) is 2. The number of Topliss-reactive ketones (excluding diaryl/α,β-unsaturated/α-hetero) is 1. The fourth-order valence-corrected chi connectivity index (χ4v) is 2.57. The summed E-state index contributed by atoms with van der Waals surface area (Å²) in [6.45, 7) is 8.34. The van der Waals surface area contributed by atoms with Gasteiger partial charge < -0.3 is 10.6 Å². The zero-order valence-corrected chi connectivity index (χ0v) is 12.3. The monoisotopic (exact) mass is 260 g/mol. The molecule has 1 aromatic carbocycles. The minimum Gasteiger partial charge on any atom is -0.382 e. The van der Waals surface area contributed by atoms with Crippen LogP contribution in [0.5, 0.6) is 0 Å². The van der Waals surface area contributed by atoms with E-state index < -0.39 is 0 Å². The molecule has 2 rings (SSSR count). The lowest BCUT2D eigenvalue weighted by Gasteiger charge is -2.18. The fraction of sp³-hybridized carbons (Fsp3) is 0.562. The molecule has 0 saturated heterocycles. The van der Waals surface area contributed by atoms with Gasteiger partial charge in [0.15, 0.2) is 5.78 Å². The minimum atomic E-state index is -0.125. The molecule has 3 atom stereocenters. The van der Waals surface area contributed by atoms with Crippen LogP contribution in [0.4, 0.5) is 5.69 Å². The maximum atomic E-state index is 12.4. The van der Waals surface area contributed by atoms with Gasteiger partial charge in [0.2, 0.25) is 0 Å². The number of nitrogens with one attached hydrogen (secondary N) is 2. The van der Waals surface area contributed by atoms with Gasteiger partial charge in [0.25, 0.3) is 0 Å². The van der Waals surface area contributed by atoms with Crippen molar-refractivity contribution >= 4 is 11.5 Å². The quantitative estimate of drug-likeness (QED) is 0.800. The number of carbonyl (C=O) groups is 1. The molecule has 0 fully saturated rings. The van der Waals surface area contributed by atoms with Crippen molar-refractivity contribution in [3.05, 3.63) is 29.3 Å². The molecule has 3 unspecified atom stereocenters. The van der Waals surface area contributed by atoms with Crippen LogP contribution in [0, 0.1) is 0 Å². The molecular weight excluding hydrogens is 236 g/mol. The normalized spacial score (nSPS) is 20.5. The first kappa shape index (κ1) is 14.1. The highest BCUT2D eigenvalue weighted by atomic mass is 16.1. The van der Waals surface area contributed by atoms with Crippen molar-refractivity contribution < 1.29 is 4.79 Å². The third-order valence-electron chi connectivity index (χ3n) is 3.86. The van der Waals surface area contributed by atoms with E-state index >= 15 is 0 Å². The highest BCUT2D eigenvalue weighted by Crippen LogP contribution is 2.26. The van der Waals surface area contributed by atoms with Crippen LogP contribution in [-0.4, -0.2) is 23.9 Å². The summed E-state index contributed by atoms with van der Waals surface area (Å²) in [5.74, 6) is 0.183. The summed E-state index contributed by atoms with van der Waals surface area (Å²) in [5.41, 5.74) is 3.25. The summed E-state index contributed by atoms with van der Waals surface area (Å²) >= 11 is 0. The molecule has 1 aliphatic rings. The summed E-state index contributed by atoms with van der Waals surface area (Å²) in [4.78, 5) is 12.4. The van der Waals surface area contributed by atoms with E-state index in [1.54, 1.807) is 0 Å². The second-order valence-corrected chi connectivity index (χ2v) is 5.68. The van der Waals surface area contributed by atoms with E-state index in [0.29, 0.717) is 12.1 Å². The van der Waals surface area contributed by atoms with Gasteiger partial charge in [-0.2, -0.15) is 0 Å². The van der Waals surface area contributed by atoms with E-state index in [4.69, 9.17) is 0 Å². The van der Waals surface area contributed by atoms with Gasteiger partial charge in [-0.25, -0.2) is 0 Å². The molecule has 1 heterocycles. The maximum absolute atomic E-state index is 12.4. The number of carbonyl (C=O) groups excluding carboxylic acids is 1. The number of ketones is 1. The Morgan fingerprint density at radius 1 is 1.47 bits per heavy atom. The maximum Gasteiger partial charge on any atom is 0.179 e. The molecule has 1 aliphatic heterocycles. The Morgan fingerprint density at radius 2 is 2.21 bits per heavy atom. The SMILES string of the molecule is CCC(C)NC(C)C(=O)c1ccc2c(c1)CC(C)N2. The average Bonchev–Trinajstić information content (AvgIpc) is 2.76. The molecule has 0 aliphatic carbocycles. The molecule has 0 saturated carbocycles. The Balaban J connectivity index is 2.10. The van der Waals surface area contributed by atoms with Crippen LogP contribution < -0.4 is 10.6 Å². The number of benzene rings is 1. The first-order valence-corrected chi connectivity index (χ1v) is 7.21. The molecule has 0 radical (unpaired) electrons. The number of anilines is 1. The zero-order chi connectivity index (χ0) is 14.0. The van der Waals surface area contributed by atoms with Crippen LogP contribution in [0.3, 0.4) is 0 Å². The molecule has 0 aromatic heterocycles. The summed E-state index contributed by atoms with van der Waals surface area (Å²) in [6, 6.07) is 6.72. The molecular formula is C16H24N2O. The Hall–Kier alpha value is -1.35. The van der Waals surface area contributed by atoms with E-state index in [-0.39, 0.29) is 11.8 Å². The Morgan fingerprint density at radius 3 is 2.89 bits per heavy atom. The lowest BCUT2D eigenvalue weighted by Crippen LogP contribution is -2.39. The van der Waals surface area contributed by atoms with Gasteiger partial charge in [0.1, 0.15) is 0 Å².